The molecule has 3 aromatic carbocycles. The summed E-state index contributed by atoms with van der Waals surface area (Å²) in [5.41, 5.74) is 1.86. The van der Waals surface area contributed by atoms with E-state index in [0.717, 1.165) is 10.9 Å². The summed E-state index contributed by atoms with van der Waals surface area (Å²) in [4.78, 5) is 35.2. The highest BCUT2D eigenvalue weighted by atomic mass is 19.1. The van der Waals surface area contributed by atoms with E-state index in [4.69, 9.17) is 14.3 Å². The van der Waals surface area contributed by atoms with Crippen LogP contribution in [0.2, 0.25) is 0 Å². The smallest absolute Gasteiger partial charge is 0.240 e. The molecular weight excluding hydrogens is 515 g/mol. The number of rotatable bonds is 9. The SMILES string of the molecule is CO/N=C(\C)c1cc2c(Oc3ccc(NC(=O)C4(C(=O)Nc5ccc(F)cc5)CC4)cc3)ccnc2cc1OC. The number of pyridine rings is 1. The van der Waals surface area contributed by atoms with Crippen molar-refractivity contribution in [2.45, 2.75) is 19.8 Å². The zero-order valence-corrected chi connectivity index (χ0v) is 22.2. The molecule has 2 amide bonds. The minimum absolute atomic E-state index is 0.393. The molecule has 10 heteroatoms. The molecule has 1 aliphatic rings. The van der Waals surface area contributed by atoms with Crippen molar-refractivity contribution in [3.8, 4) is 17.2 Å². The zero-order valence-electron chi connectivity index (χ0n) is 22.2. The van der Waals surface area contributed by atoms with Crippen molar-refractivity contribution < 1.29 is 28.3 Å². The molecule has 0 saturated heterocycles. The fourth-order valence-corrected chi connectivity index (χ4v) is 4.33. The molecule has 0 unspecified atom stereocenters. The van der Waals surface area contributed by atoms with E-state index < -0.39 is 23.0 Å². The van der Waals surface area contributed by atoms with Crippen LogP contribution in [0.5, 0.6) is 17.2 Å². The lowest BCUT2D eigenvalue weighted by Gasteiger charge is -2.16. The van der Waals surface area contributed by atoms with Gasteiger partial charge in [-0.15, -0.1) is 0 Å². The number of hydrogen-bond acceptors (Lipinski definition) is 7. The average Bonchev–Trinajstić information content (AvgIpc) is 3.77. The van der Waals surface area contributed by atoms with Gasteiger partial charge in [0, 0.05) is 34.6 Å². The van der Waals surface area contributed by atoms with Gasteiger partial charge in [-0.25, -0.2) is 4.39 Å². The van der Waals surface area contributed by atoms with Crippen molar-refractivity contribution in [2.75, 3.05) is 24.9 Å². The van der Waals surface area contributed by atoms with E-state index in [2.05, 4.69) is 20.8 Å². The Hall–Kier alpha value is -4.99. The number of carbonyl (C=O) groups excluding carboxylic acids is 2. The zero-order chi connectivity index (χ0) is 28.3. The van der Waals surface area contributed by atoms with E-state index >= 15 is 0 Å². The molecule has 2 N–H and O–H groups in total. The van der Waals surface area contributed by atoms with Crippen molar-refractivity contribution in [1.29, 1.82) is 0 Å². The van der Waals surface area contributed by atoms with Crippen molar-refractivity contribution in [3.63, 3.8) is 0 Å². The third-order valence-corrected chi connectivity index (χ3v) is 6.70. The van der Waals surface area contributed by atoms with E-state index in [1.54, 1.807) is 43.6 Å². The number of benzene rings is 3. The van der Waals surface area contributed by atoms with Crippen LogP contribution < -0.4 is 20.1 Å². The molecule has 1 fully saturated rings. The predicted molar refractivity (Wildman–Crippen MR) is 149 cm³/mol. The number of nitrogens with zero attached hydrogens (tertiary/aromatic N) is 2. The quantitative estimate of drug-likeness (QED) is 0.155. The number of ether oxygens (including phenoxy) is 2. The maximum absolute atomic E-state index is 13.2. The Morgan fingerprint density at radius 3 is 2.10 bits per heavy atom. The fourth-order valence-electron chi connectivity index (χ4n) is 4.33. The molecule has 1 heterocycles. The molecule has 0 spiro atoms. The van der Waals surface area contributed by atoms with E-state index in [0.29, 0.717) is 52.7 Å². The Balaban J connectivity index is 1.30. The van der Waals surface area contributed by atoms with E-state index in [-0.39, 0.29) is 0 Å². The van der Waals surface area contributed by atoms with Gasteiger partial charge in [0.05, 0.1) is 18.3 Å². The average molecular weight is 543 g/mol. The van der Waals surface area contributed by atoms with Gasteiger partial charge < -0.3 is 24.9 Å². The molecule has 1 aliphatic carbocycles. The Kier molecular flexibility index (Phi) is 7.33. The molecule has 40 heavy (non-hydrogen) atoms. The number of nitrogens with one attached hydrogen (secondary N) is 2. The standard InChI is InChI=1S/C30H27FN4O5/c1-18(35-39-3)23-16-24-25(17-27(23)38-2)32-15-12-26(24)40-22-10-8-21(9-11-22)34-29(37)30(13-14-30)28(36)33-20-6-4-19(31)5-7-20/h4-12,15-17H,13-14H2,1-3H3,(H,33,36)(H,34,37)/b35-18+. The number of fused-ring (bicyclic) bond motifs is 1. The molecule has 1 saturated carbocycles. The highest BCUT2D eigenvalue weighted by Gasteiger charge is 2.56. The summed E-state index contributed by atoms with van der Waals surface area (Å²) in [6, 6.07) is 17.7. The molecule has 0 atom stereocenters. The monoisotopic (exact) mass is 542 g/mol. The van der Waals surface area contributed by atoms with Gasteiger partial charge in [0.2, 0.25) is 11.8 Å². The number of hydrogen-bond donors (Lipinski definition) is 2. The van der Waals surface area contributed by atoms with Crippen LogP contribution in [0.4, 0.5) is 15.8 Å². The Morgan fingerprint density at radius 1 is 0.900 bits per heavy atom. The van der Waals surface area contributed by atoms with Crippen LogP contribution in [0.25, 0.3) is 10.9 Å². The number of oxime groups is 1. The Morgan fingerprint density at radius 2 is 1.52 bits per heavy atom. The molecule has 9 nitrogen and oxygen atoms in total. The van der Waals surface area contributed by atoms with E-state index in [1.807, 2.05) is 19.1 Å². The van der Waals surface area contributed by atoms with Gasteiger partial charge in [-0.2, -0.15) is 0 Å². The highest BCUT2D eigenvalue weighted by Crippen LogP contribution is 2.47. The lowest BCUT2D eigenvalue weighted by Crippen LogP contribution is -2.35. The van der Waals surface area contributed by atoms with Crippen LogP contribution in [0.3, 0.4) is 0 Å². The second-order valence-corrected chi connectivity index (χ2v) is 9.36. The summed E-state index contributed by atoms with van der Waals surface area (Å²) in [5.74, 6) is 0.511. The van der Waals surface area contributed by atoms with E-state index in [1.165, 1.54) is 31.4 Å². The number of carbonyl (C=O) groups is 2. The summed E-state index contributed by atoms with van der Waals surface area (Å²) in [5, 5.41) is 10.3. The first-order valence-corrected chi connectivity index (χ1v) is 12.5. The minimum atomic E-state index is -1.15. The van der Waals surface area contributed by atoms with Crippen molar-refractivity contribution in [2.24, 2.45) is 10.6 Å². The Bertz CT molecular complexity index is 1600. The number of anilines is 2. The molecule has 0 bridgehead atoms. The first-order valence-electron chi connectivity index (χ1n) is 12.5. The van der Waals surface area contributed by atoms with Crippen molar-refractivity contribution >= 4 is 39.8 Å². The van der Waals surface area contributed by atoms with E-state index in [9.17, 15) is 14.0 Å². The summed E-state index contributed by atoms with van der Waals surface area (Å²) in [6.07, 6.45) is 2.51. The summed E-state index contributed by atoms with van der Waals surface area (Å²) in [7, 11) is 3.06. The maximum Gasteiger partial charge on any atom is 0.240 e. The van der Waals surface area contributed by atoms with Crippen molar-refractivity contribution in [3.05, 3.63) is 84.3 Å². The van der Waals surface area contributed by atoms with Crippen LogP contribution in [-0.4, -0.2) is 36.7 Å². The van der Waals surface area contributed by atoms with Crippen LogP contribution >= 0.6 is 0 Å². The van der Waals surface area contributed by atoms with Gasteiger partial charge in [0.1, 0.15) is 35.6 Å². The summed E-state index contributed by atoms with van der Waals surface area (Å²) in [6.45, 7) is 1.81. The second-order valence-electron chi connectivity index (χ2n) is 9.36. The largest absolute Gasteiger partial charge is 0.496 e. The first kappa shape index (κ1) is 26.6. The first-order chi connectivity index (χ1) is 19.3. The van der Waals surface area contributed by atoms with Crippen LogP contribution in [0, 0.1) is 11.2 Å². The normalized spacial score (nSPS) is 13.8. The minimum Gasteiger partial charge on any atom is -0.496 e. The van der Waals surface area contributed by atoms with Gasteiger partial charge in [0.15, 0.2) is 0 Å². The van der Waals surface area contributed by atoms with Gasteiger partial charge >= 0.3 is 0 Å². The fraction of sp³-hybridized carbons (Fsp3) is 0.200. The molecule has 0 radical (unpaired) electrons. The van der Waals surface area contributed by atoms with Gasteiger partial charge in [-0.3, -0.25) is 14.6 Å². The predicted octanol–water partition coefficient (Wildman–Crippen LogP) is 5.90. The molecule has 5 rings (SSSR count). The number of amides is 2. The van der Waals surface area contributed by atoms with Crippen LogP contribution in [0.1, 0.15) is 25.3 Å². The number of aromatic nitrogens is 1. The molecular formula is C30H27FN4O5. The number of methoxy groups -OCH3 is 1. The third-order valence-electron chi connectivity index (χ3n) is 6.70. The van der Waals surface area contributed by atoms with Gasteiger partial charge in [-0.1, -0.05) is 5.16 Å². The highest BCUT2D eigenvalue weighted by molar-refractivity contribution is 6.17. The lowest BCUT2D eigenvalue weighted by atomic mass is 10.0. The number of halogens is 1. The van der Waals surface area contributed by atoms with Crippen LogP contribution in [-0.2, 0) is 14.4 Å². The molecule has 1 aromatic heterocycles. The topological polar surface area (TPSA) is 111 Å². The molecule has 204 valence electrons. The van der Waals surface area contributed by atoms with Gasteiger partial charge in [-0.05, 0) is 80.4 Å². The molecule has 4 aromatic rings. The maximum atomic E-state index is 13.2. The lowest BCUT2D eigenvalue weighted by molar-refractivity contribution is -0.131. The van der Waals surface area contributed by atoms with Gasteiger partial charge in [0.25, 0.3) is 0 Å². The molecule has 0 aliphatic heterocycles. The third kappa shape index (κ3) is 5.42. The van der Waals surface area contributed by atoms with Crippen molar-refractivity contribution in [1.82, 2.24) is 4.98 Å². The second kappa shape index (κ2) is 11.0. The summed E-state index contributed by atoms with van der Waals surface area (Å²) >= 11 is 0. The van der Waals surface area contributed by atoms with Crippen LogP contribution in [0.15, 0.2) is 78.1 Å². The Labute approximate surface area is 230 Å². The summed E-state index contributed by atoms with van der Waals surface area (Å²) < 4.78 is 24.8.